The molecule has 0 amide bonds. The summed E-state index contributed by atoms with van der Waals surface area (Å²) in [5.41, 5.74) is 2.87. The zero-order valence-electron chi connectivity index (χ0n) is 14.1. The standard InChI is InChI=1S/C19H23NO3/c1-5-12-13-9-11(3)10-19(18(21)22,14(13)6-2)15-7-8-16(23-4)20-17(12)15/h6-9,12-13H,5,10H2,1-4H3,(H,21,22). The molecule has 1 aromatic rings. The molecular weight excluding hydrogens is 290 g/mol. The summed E-state index contributed by atoms with van der Waals surface area (Å²) in [6.07, 6.45) is 5.65. The Balaban J connectivity index is 2.37. The third-order valence-electron chi connectivity index (χ3n) is 5.33. The zero-order valence-corrected chi connectivity index (χ0v) is 14.1. The fourth-order valence-corrected chi connectivity index (χ4v) is 4.43. The Hall–Kier alpha value is -2.10. The van der Waals surface area contributed by atoms with Crippen molar-refractivity contribution in [2.24, 2.45) is 5.92 Å². The van der Waals surface area contributed by atoms with Gasteiger partial charge in [0.1, 0.15) is 5.41 Å². The van der Waals surface area contributed by atoms with Crippen molar-refractivity contribution in [3.63, 3.8) is 0 Å². The van der Waals surface area contributed by atoms with Gasteiger partial charge in [-0.2, -0.15) is 0 Å². The molecule has 0 saturated heterocycles. The van der Waals surface area contributed by atoms with E-state index in [0.29, 0.717) is 12.3 Å². The number of hydrogen-bond acceptors (Lipinski definition) is 3. The summed E-state index contributed by atoms with van der Waals surface area (Å²) in [5, 5.41) is 10.2. The van der Waals surface area contributed by atoms with E-state index in [-0.39, 0.29) is 11.8 Å². The first-order valence-corrected chi connectivity index (χ1v) is 8.12. The van der Waals surface area contributed by atoms with Crippen LogP contribution in [-0.4, -0.2) is 23.2 Å². The Bertz CT molecular complexity index is 719. The van der Waals surface area contributed by atoms with Gasteiger partial charge in [0.25, 0.3) is 0 Å². The van der Waals surface area contributed by atoms with Gasteiger partial charge in [0, 0.05) is 17.9 Å². The van der Waals surface area contributed by atoms with E-state index in [1.807, 2.05) is 26.0 Å². The number of hydrogen-bond donors (Lipinski definition) is 1. The van der Waals surface area contributed by atoms with Gasteiger partial charge in [0.05, 0.1) is 12.8 Å². The van der Waals surface area contributed by atoms with Crippen LogP contribution in [0.1, 0.15) is 50.8 Å². The van der Waals surface area contributed by atoms with Crippen molar-refractivity contribution >= 4 is 5.97 Å². The quantitative estimate of drug-likeness (QED) is 0.862. The summed E-state index contributed by atoms with van der Waals surface area (Å²) in [4.78, 5) is 17.0. The predicted octanol–water partition coefficient (Wildman–Crippen LogP) is 3.83. The number of fused-ring (bicyclic) bond motifs is 4. The molecule has 1 N–H and O–H groups in total. The Labute approximate surface area is 136 Å². The fourth-order valence-electron chi connectivity index (χ4n) is 4.43. The molecule has 1 heterocycles. The smallest absolute Gasteiger partial charge is 0.318 e. The van der Waals surface area contributed by atoms with E-state index in [1.54, 1.807) is 13.2 Å². The number of carboxylic acids is 1. The number of carboxylic acid groups (broad SMARTS) is 1. The molecule has 3 rings (SSSR count). The van der Waals surface area contributed by atoms with Gasteiger partial charge in [-0.1, -0.05) is 30.7 Å². The molecular formula is C19H23NO3. The van der Waals surface area contributed by atoms with E-state index in [1.165, 1.54) is 0 Å². The van der Waals surface area contributed by atoms with Crippen LogP contribution in [0.25, 0.3) is 0 Å². The van der Waals surface area contributed by atoms with Gasteiger partial charge < -0.3 is 9.84 Å². The van der Waals surface area contributed by atoms with Gasteiger partial charge >= 0.3 is 5.97 Å². The van der Waals surface area contributed by atoms with Crippen molar-refractivity contribution in [1.82, 2.24) is 4.98 Å². The van der Waals surface area contributed by atoms with Gasteiger partial charge in [-0.15, -0.1) is 0 Å². The molecule has 3 unspecified atom stereocenters. The number of aromatic nitrogens is 1. The van der Waals surface area contributed by atoms with Crippen LogP contribution in [-0.2, 0) is 10.2 Å². The summed E-state index contributed by atoms with van der Waals surface area (Å²) >= 11 is 0. The van der Waals surface area contributed by atoms with Crippen LogP contribution in [0.3, 0.4) is 0 Å². The first kappa shape index (κ1) is 15.8. The average molecular weight is 313 g/mol. The lowest BCUT2D eigenvalue weighted by atomic mass is 9.54. The average Bonchev–Trinajstić information content (AvgIpc) is 2.53. The Kier molecular flexibility index (Phi) is 3.78. The van der Waals surface area contributed by atoms with Crippen molar-refractivity contribution < 1.29 is 14.6 Å². The summed E-state index contributed by atoms with van der Waals surface area (Å²) in [6.45, 7) is 6.11. The Morgan fingerprint density at radius 1 is 1.52 bits per heavy atom. The minimum atomic E-state index is -0.988. The van der Waals surface area contributed by atoms with Crippen molar-refractivity contribution in [3.05, 3.63) is 46.7 Å². The van der Waals surface area contributed by atoms with E-state index in [2.05, 4.69) is 18.0 Å². The molecule has 2 aliphatic rings. The number of ether oxygens (including phenoxy) is 1. The van der Waals surface area contributed by atoms with Gasteiger partial charge in [-0.3, -0.25) is 4.79 Å². The zero-order chi connectivity index (χ0) is 16.8. The summed E-state index contributed by atoms with van der Waals surface area (Å²) in [7, 11) is 1.59. The summed E-state index contributed by atoms with van der Waals surface area (Å²) in [6, 6.07) is 3.67. The molecule has 0 saturated carbocycles. The molecule has 2 bridgehead atoms. The number of aliphatic carboxylic acids is 1. The number of allylic oxidation sites excluding steroid dienone is 3. The summed E-state index contributed by atoms with van der Waals surface area (Å²) < 4.78 is 5.27. The Morgan fingerprint density at radius 2 is 2.26 bits per heavy atom. The predicted molar refractivity (Wildman–Crippen MR) is 88.8 cm³/mol. The second kappa shape index (κ2) is 5.52. The molecule has 0 aromatic carbocycles. The third-order valence-corrected chi connectivity index (χ3v) is 5.33. The largest absolute Gasteiger partial charge is 0.481 e. The monoisotopic (exact) mass is 313 g/mol. The Morgan fingerprint density at radius 3 is 2.83 bits per heavy atom. The molecule has 4 nitrogen and oxygen atoms in total. The van der Waals surface area contributed by atoms with Crippen LogP contribution in [0, 0.1) is 5.92 Å². The minimum Gasteiger partial charge on any atom is -0.481 e. The van der Waals surface area contributed by atoms with Crippen molar-refractivity contribution in [2.45, 2.75) is 44.9 Å². The van der Waals surface area contributed by atoms with E-state index < -0.39 is 11.4 Å². The lowest BCUT2D eigenvalue weighted by molar-refractivity contribution is -0.143. The van der Waals surface area contributed by atoms with Crippen LogP contribution in [0.2, 0.25) is 0 Å². The third kappa shape index (κ3) is 2.04. The van der Waals surface area contributed by atoms with E-state index in [9.17, 15) is 9.90 Å². The number of methoxy groups -OCH3 is 1. The van der Waals surface area contributed by atoms with Crippen molar-refractivity contribution in [3.8, 4) is 5.88 Å². The van der Waals surface area contributed by atoms with Crippen LogP contribution in [0.15, 0.2) is 35.4 Å². The molecule has 0 aliphatic heterocycles. The highest BCUT2D eigenvalue weighted by Gasteiger charge is 2.55. The second-order valence-corrected chi connectivity index (χ2v) is 6.47. The van der Waals surface area contributed by atoms with Crippen LogP contribution >= 0.6 is 0 Å². The van der Waals surface area contributed by atoms with Gasteiger partial charge in [0.2, 0.25) is 5.88 Å². The maximum atomic E-state index is 12.4. The maximum absolute atomic E-state index is 12.4. The molecule has 0 radical (unpaired) electrons. The minimum absolute atomic E-state index is 0.0990. The first-order valence-electron chi connectivity index (χ1n) is 8.12. The highest BCUT2D eigenvalue weighted by molar-refractivity contribution is 5.88. The van der Waals surface area contributed by atoms with Gasteiger partial charge in [-0.05, 0) is 37.8 Å². The molecule has 3 atom stereocenters. The summed E-state index contributed by atoms with van der Waals surface area (Å²) in [5.74, 6) is 0.0484. The molecule has 122 valence electrons. The van der Waals surface area contributed by atoms with Crippen LogP contribution in [0.4, 0.5) is 0 Å². The molecule has 2 aliphatic carbocycles. The second-order valence-electron chi connectivity index (χ2n) is 6.47. The van der Waals surface area contributed by atoms with Crippen LogP contribution < -0.4 is 4.74 Å². The van der Waals surface area contributed by atoms with Crippen LogP contribution in [0.5, 0.6) is 5.88 Å². The number of nitrogens with zero attached hydrogens (tertiary/aromatic N) is 1. The lowest BCUT2D eigenvalue weighted by Gasteiger charge is -2.48. The van der Waals surface area contributed by atoms with Gasteiger partial charge in [0.15, 0.2) is 0 Å². The number of carbonyl (C=O) groups is 1. The lowest BCUT2D eigenvalue weighted by Crippen LogP contribution is -2.48. The normalized spacial score (nSPS) is 30.6. The molecule has 1 aromatic heterocycles. The number of pyridine rings is 1. The highest BCUT2D eigenvalue weighted by Crippen LogP contribution is 2.56. The fraction of sp³-hybridized carbons (Fsp3) is 0.474. The van der Waals surface area contributed by atoms with Gasteiger partial charge in [-0.25, -0.2) is 4.98 Å². The van der Waals surface area contributed by atoms with Crippen molar-refractivity contribution in [2.75, 3.05) is 7.11 Å². The first-order chi connectivity index (χ1) is 11.0. The molecule has 4 heteroatoms. The maximum Gasteiger partial charge on any atom is 0.318 e. The topological polar surface area (TPSA) is 59.4 Å². The van der Waals surface area contributed by atoms with E-state index in [0.717, 1.165) is 28.8 Å². The highest BCUT2D eigenvalue weighted by atomic mass is 16.5. The molecule has 0 spiro atoms. The van der Waals surface area contributed by atoms with E-state index >= 15 is 0 Å². The SMILES string of the molecule is CC=C1C2C=C(C)CC1(C(=O)O)c1ccc(OC)nc1C2CC. The van der Waals surface area contributed by atoms with Crippen molar-refractivity contribution in [1.29, 1.82) is 0 Å². The number of rotatable bonds is 3. The van der Waals surface area contributed by atoms with E-state index in [4.69, 9.17) is 4.74 Å². The molecule has 0 fully saturated rings. The molecule has 23 heavy (non-hydrogen) atoms.